The molecule has 3 amide bonds. The summed E-state index contributed by atoms with van der Waals surface area (Å²) in [5.74, 6) is 4.95. The molecule has 6 nitrogen and oxygen atoms in total. The molecule has 1 atom stereocenters. The molecule has 0 N–H and O–H groups in total. The number of amides is 3. The maximum absolute atomic E-state index is 14.3. The number of carbonyl (C=O) groups excluding carboxylic acids is 2. The molecule has 2 aromatic carbocycles. The Morgan fingerprint density at radius 1 is 1.00 bits per heavy atom. The predicted molar refractivity (Wildman–Crippen MR) is 147 cm³/mol. The fourth-order valence-electron chi connectivity index (χ4n) is 6.55. The molecule has 6 rings (SSSR count). The van der Waals surface area contributed by atoms with Gasteiger partial charge in [-0.3, -0.25) is 4.90 Å². The quantitative estimate of drug-likeness (QED) is 0.491. The van der Waals surface area contributed by atoms with Crippen LogP contribution in [0.25, 0.3) is 0 Å². The van der Waals surface area contributed by atoms with Gasteiger partial charge in [0.2, 0.25) is 0 Å². The summed E-state index contributed by atoms with van der Waals surface area (Å²) < 4.78 is 19.4. The molecular weight excluding hydrogens is 493 g/mol. The number of hydrogen-bond donors (Lipinski definition) is 0. The lowest BCUT2D eigenvalue weighted by Gasteiger charge is -2.75. The Bertz CT molecular complexity index is 1340. The fraction of sp³-hybridized carbons (Fsp3) is 0.438. The number of fused-ring (bicyclic) bond motifs is 1. The van der Waals surface area contributed by atoms with Crippen molar-refractivity contribution in [3.05, 3.63) is 71.0 Å². The number of carbonyl (C=O) groups is 2. The van der Waals surface area contributed by atoms with E-state index >= 15 is 0 Å². The van der Waals surface area contributed by atoms with Gasteiger partial charge in [-0.05, 0) is 75.3 Å². The second-order valence-corrected chi connectivity index (χ2v) is 11.9. The molecule has 202 valence electrons. The van der Waals surface area contributed by atoms with Crippen LogP contribution in [-0.4, -0.2) is 63.1 Å². The Hall–Kier alpha value is -3.97. The molecule has 4 aliphatic rings. The minimum atomic E-state index is -0.642. The van der Waals surface area contributed by atoms with E-state index in [9.17, 15) is 14.0 Å². The fourth-order valence-corrected chi connectivity index (χ4v) is 6.55. The summed E-state index contributed by atoms with van der Waals surface area (Å²) in [6, 6.07) is 13.9. The number of rotatable bonds is 5. The zero-order valence-electron chi connectivity index (χ0n) is 22.7. The number of halogens is 1. The van der Waals surface area contributed by atoms with Gasteiger partial charge in [0, 0.05) is 6.54 Å². The average Bonchev–Trinajstić information content (AvgIpc) is 2.84. The van der Waals surface area contributed by atoms with Crippen molar-refractivity contribution >= 4 is 12.1 Å². The molecule has 1 aliphatic heterocycles. The van der Waals surface area contributed by atoms with Gasteiger partial charge in [0.1, 0.15) is 11.4 Å². The monoisotopic (exact) mass is 527 g/mol. The molecule has 0 unspecified atom stereocenters. The largest absolute Gasteiger partial charge is 0.444 e. The van der Waals surface area contributed by atoms with Crippen molar-refractivity contribution in [1.29, 1.82) is 0 Å². The van der Waals surface area contributed by atoms with Crippen LogP contribution in [0.5, 0.6) is 0 Å². The number of nitrogens with zero attached hydrogens (tertiary/aromatic N) is 3. The van der Waals surface area contributed by atoms with Crippen LogP contribution in [0.15, 0.2) is 48.5 Å². The van der Waals surface area contributed by atoms with Gasteiger partial charge in [-0.1, -0.05) is 48.2 Å². The second-order valence-electron chi connectivity index (χ2n) is 11.9. The van der Waals surface area contributed by atoms with Crippen molar-refractivity contribution in [1.82, 2.24) is 14.7 Å². The molecule has 2 bridgehead atoms. The van der Waals surface area contributed by atoms with Gasteiger partial charge in [-0.25, -0.2) is 14.0 Å². The van der Waals surface area contributed by atoms with Crippen molar-refractivity contribution in [2.75, 3.05) is 19.6 Å². The minimum Gasteiger partial charge on any atom is -0.444 e. The molecule has 3 fully saturated rings. The highest BCUT2D eigenvalue weighted by atomic mass is 19.1. The molecule has 2 aromatic rings. The van der Waals surface area contributed by atoms with E-state index in [4.69, 9.17) is 17.6 Å². The van der Waals surface area contributed by atoms with Crippen LogP contribution in [0.1, 0.15) is 62.8 Å². The molecule has 3 aliphatic carbocycles. The van der Waals surface area contributed by atoms with Gasteiger partial charge in [0.15, 0.2) is 0 Å². The molecule has 0 aromatic heterocycles. The normalized spacial score (nSPS) is 24.7. The number of ether oxygens (including phenoxy) is 1. The Kier molecular flexibility index (Phi) is 6.59. The van der Waals surface area contributed by atoms with Crippen LogP contribution < -0.4 is 0 Å². The average molecular weight is 528 g/mol. The van der Waals surface area contributed by atoms with Gasteiger partial charge in [0.05, 0.1) is 30.2 Å². The molecule has 0 saturated heterocycles. The van der Waals surface area contributed by atoms with Gasteiger partial charge < -0.3 is 14.5 Å². The van der Waals surface area contributed by atoms with Gasteiger partial charge in [-0.15, -0.1) is 12.8 Å². The zero-order chi connectivity index (χ0) is 28.0. The molecule has 1 heterocycles. The highest BCUT2D eigenvalue weighted by Gasteiger charge is 2.74. The number of urea groups is 1. The number of terminal acetylenes is 2. The van der Waals surface area contributed by atoms with Crippen molar-refractivity contribution < 1.29 is 18.7 Å². The SMILES string of the molecule is C#CCN(C(=O)OC(C)(C)C)C12CC(N(CC#C)C(=O)N3CCc4ccccc4[C@@H]3c3ccc(F)cc3)(C1)C2. The van der Waals surface area contributed by atoms with E-state index in [0.29, 0.717) is 25.8 Å². The molecule has 0 radical (unpaired) electrons. The van der Waals surface area contributed by atoms with E-state index in [1.807, 2.05) is 43.9 Å². The lowest BCUT2D eigenvalue weighted by Crippen LogP contribution is -2.85. The highest BCUT2D eigenvalue weighted by molar-refractivity contribution is 5.79. The Balaban J connectivity index is 1.41. The van der Waals surface area contributed by atoms with Gasteiger partial charge in [-0.2, -0.15) is 0 Å². The van der Waals surface area contributed by atoms with Crippen LogP contribution in [0.3, 0.4) is 0 Å². The first kappa shape index (κ1) is 26.6. The lowest BCUT2D eigenvalue weighted by atomic mass is 9.42. The predicted octanol–water partition coefficient (Wildman–Crippen LogP) is 5.37. The third-order valence-electron chi connectivity index (χ3n) is 8.18. The molecule has 39 heavy (non-hydrogen) atoms. The minimum absolute atomic E-state index is 0.142. The van der Waals surface area contributed by atoms with E-state index in [2.05, 4.69) is 17.9 Å². The third kappa shape index (κ3) is 4.61. The van der Waals surface area contributed by atoms with Crippen LogP contribution in [0.4, 0.5) is 14.0 Å². The standard InChI is InChI=1S/C32H34FN3O3/c1-6-17-35(31-20-32(21-31,22-31)36(18-7-2)29(38)39-30(3,4)5)28(37)34-19-16-23-10-8-9-11-26(23)27(34)24-12-14-25(33)15-13-24/h1-2,8-15,27H,16-22H2,3-5H3/t27-,31?,32?/m0/s1. The first-order chi connectivity index (χ1) is 18.5. The van der Waals surface area contributed by atoms with Crippen LogP contribution in [0.2, 0.25) is 0 Å². The van der Waals surface area contributed by atoms with E-state index in [1.54, 1.807) is 21.9 Å². The summed E-state index contributed by atoms with van der Waals surface area (Å²) in [6.07, 6.45) is 13.5. The smallest absolute Gasteiger partial charge is 0.411 e. The van der Waals surface area contributed by atoms with E-state index in [-0.39, 0.29) is 31.0 Å². The first-order valence-electron chi connectivity index (χ1n) is 13.3. The Morgan fingerprint density at radius 2 is 1.59 bits per heavy atom. The summed E-state index contributed by atoms with van der Waals surface area (Å²) in [4.78, 5) is 32.6. The molecular formula is C32H34FN3O3. The maximum atomic E-state index is 14.3. The Morgan fingerprint density at radius 3 is 2.21 bits per heavy atom. The third-order valence-corrected chi connectivity index (χ3v) is 8.18. The van der Waals surface area contributed by atoms with Crippen LogP contribution in [0, 0.1) is 30.5 Å². The summed E-state index contributed by atoms with van der Waals surface area (Å²) in [5.41, 5.74) is 1.53. The van der Waals surface area contributed by atoms with Gasteiger partial charge >= 0.3 is 12.1 Å². The molecule has 7 heteroatoms. The number of benzene rings is 2. The first-order valence-corrected chi connectivity index (χ1v) is 13.3. The second kappa shape index (κ2) is 9.65. The highest BCUT2D eigenvalue weighted by Crippen LogP contribution is 2.66. The van der Waals surface area contributed by atoms with E-state index in [0.717, 1.165) is 17.5 Å². The van der Waals surface area contributed by atoms with E-state index in [1.165, 1.54) is 17.7 Å². The summed E-state index contributed by atoms with van der Waals surface area (Å²) in [6.45, 7) is 6.29. The number of hydrogen-bond acceptors (Lipinski definition) is 3. The summed E-state index contributed by atoms with van der Waals surface area (Å²) in [5, 5.41) is 0. The lowest BCUT2D eigenvalue weighted by molar-refractivity contribution is -0.207. The maximum Gasteiger partial charge on any atom is 0.411 e. The van der Waals surface area contributed by atoms with Gasteiger partial charge in [0.25, 0.3) is 0 Å². The van der Waals surface area contributed by atoms with Crippen LogP contribution in [-0.2, 0) is 11.2 Å². The van der Waals surface area contributed by atoms with Crippen LogP contribution >= 0.6 is 0 Å². The van der Waals surface area contributed by atoms with Crippen molar-refractivity contribution in [3.8, 4) is 24.7 Å². The summed E-state index contributed by atoms with van der Waals surface area (Å²) in [7, 11) is 0. The molecule has 3 saturated carbocycles. The van der Waals surface area contributed by atoms with Crippen molar-refractivity contribution in [2.24, 2.45) is 0 Å². The van der Waals surface area contributed by atoms with Crippen molar-refractivity contribution in [3.63, 3.8) is 0 Å². The Labute approximate surface area is 230 Å². The molecule has 0 spiro atoms. The van der Waals surface area contributed by atoms with Crippen molar-refractivity contribution in [2.45, 2.75) is 69.2 Å². The zero-order valence-corrected chi connectivity index (χ0v) is 22.7. The topological polar surface area (TPSA) is 53.1 Å². The summed E-state index contributed by atoms with van der Waals surface area (Å²) >= 11 is 0. The van der Waals surface area contributed by atoms with E-state index < -0.39 is 22.8 Å².